The van der Waals surface area contributed by atoms with Crippen LogP contribution < -0.4 is 0 Å². The van der Waals surface area contributed by atoms with Gasteiger partial charge in [0.25, 0.3) is 0 Å². The molecule has 0 radical (unpaired) electrons. The van der Waals surface area contributed by atoms with Crippen LogP contribution in [-0.4, -0.2) is 92.8 Å². The lowest BCUT2D eigenvalue weighted by atomic mass is 9.87. The maximum atomic E-state index is 9.08. The molecule has 4 heterocycles. The molecule has 4 aliphatic heterocycles. The number of hydrogen-bond acceptors (Lipinski definition) is 8. The van der Waals surface area contributed by atoms with Crippen molar-refractivity contribution in [2.45, 2.75) is 19.3 Å². The largest absolute Gasteiger partial charge is 0.748 e. The Hall–Kier alpha value is -0.330. The lowest BCUT2D eigenvalue weighted by Crippen LogP contribution is -2.72. The maximum absolute atomic E-state index is 9.08. The normalized spacial score (nSPS) is 33.3. The predicted octanol–water partition coefficient (Wildman–Crippen LogP) is -0.392. The van der Waals surface area contributed by atoms with E-state index in [0.29, 0.717) is 12.9 Å². The zero-order valence-corrected chi connectivity index (χ0v) is 15.0. The van der Waals surface area contributed by atoms with Crippen molar-refractivity contribution in [3.63, 3.8) is 0 Å². The highest BCUT2D eigenvalue weighted by Gasteiger charge is 2.47. The van der Waals surface area contributed by atoms with Crippen LogP contribution in [0.4, 0.5) is 0 Å². The molecule has 4 rings (SSSR count). The zero-order valence-electron chi connectivity index (χ0n) is 14.2. The summed E-state index contributed by atoms with van der Waals surface area (Å²) in [6, 6.07) is 0. The number of hydroxylamine groups is 4. The number of hydrogen-bond donors (Lipinski definition) is 0. The van der Waals surface area contributed by atoms with Gasteiger partial charge >= 0.3 is 0 Å². The molecule has 2 bridgehead atoms. The minimum Gasteiger partial charge on any atom is -0.748 e. The van der Waals surface area contributed by atoms with E-state index in [1.165, 1.54) is 38.9 Å². The fraction of sp³-hybridized carbons (Fsp3) is 1.00. The Balaban J connectivity index is 0.000000338. The Kier molecular flexibility index (Phi) is 6.36. The van der Waals surface area contributed by atoms with E-state index < -0.39 is 10.1 Å². The zero-order chi connectivity index (χ0) is 17.1. The average molecular weight is 352 g/mol. The Morgan fingerprint density at radius 3 is 1.70 bits per heavy atom. The van der Waals surface area contributed by atoms with Gasteiger partial charge in [-0.05, 0) is 5.92 Å². The molecule has 136 valence electrons. The van der Waals surface area contributed by atoms with Crippen molar-refractivity contribution in [1.29, 1.82) is 0 Å². The van der Waals surface area contributed by atoms with Gasteiger partial charge in [-0.1, -0.05) is 0 Å². The van der Waals surface area contributed by atoms with Gasteiger partial charge in [0.15, 0.2) is 0 Å². The van der Waals surface area contributed by atoms with Gasteiger partial charge < -0.3 is 4.55 Å². The van der Waals surface area contributed by atoms with Gasteiger partial charge in [-0.3, -0.25) is 9.68 Å². The Morgan fingerprint density at radius 1 is 0.957 bits per heavy atom. The van der Waals surface area contributed by atoms with Gasteiger partial charge in [0.1, 0.15) is 20.0 Å². The van der Waals surface area contributed by atoms with Crippen LogP contribution in [-0.2, 0) is 19.8 Å². The van der Waals surface area contributed by atoms with Gasteiger partial charge in [0, 0.05) is 25.5 Å². The summed E-state index contributed by atoms with van der Waals surface area (Å²) in [5, 5.41) is 6.42. The molecule has 0 aliphatic carbocycles. The Bertz CT molecular complexity index is 447. The summed E-state index contributed by atoms with van der Waals surface area (Å²) in [5.74, 6) is 0.992. The van der Waals surface area contributed by atoms with Crippen LogP contribution in [0.25, 0.3) is 0 Å². The number of piperidine rings is 3. The first-order valence-corrected chi connectivity index (χ1v) is 9.68. The summed E-state index contributed by atoms with van der Waals surface area (Å²) in [6.45, 7) is 6.34. The number of quaternary nitrogens is 1. The van der Waals surface area contributed by atoms with Crippen LogP contribution in [0.3, 0.4) is 0 Å². The fourth-order valence-corrected chi connectivity index (χ4v) is 3.63. The smallest absolute Gasteiger partial charge is 0.126 e. The van der Waals surface area contributed by atoms with Gasteiger partial charge in [0.05, 0.1) is 44.0 Å². The fourth-order valence-electron chi connectivity index (χ4n) is 3.63. The van der Waals surface area contributed by atoms with Crippen molar-refractivity contribution in [3.8, 4) is 0 Å². The summed E-state index contributed by atoms with van der Waals surface area (Å²) in [7, 11) is -0.445. The van der Waals surface area contributed by atoms with E-state index in [4.69, 9.17) is 22.6 Å². The molecule has 0 saturated carbocycles. The molecule has 9 nitrogen and oxygen atoms in total. The lowest BCUT2D eigenvalue weighted by Gasteiger charge is -2.56. The molecule has 0 aromatic carbocycles. The summed E-state index contributed by atoms with van der Waals surface area (Å²) in [4.78, 5) is 10.8. The Labute approximate surface area is 138 Å². The van der Waals surface area contributed by atoms with E-state index in [2.05, 4.69) is 5.01 Å². The third-order valence-electron chi connectivity index (χ3n) is 4.93. The van der Waals surface area contributed by atoms with Crippen LogP contribution in [0.1, 0.15) is 19.3 Å². The molecule has 4 saturated heterocycles. The van der Waals surface area contributed by atoms with Crippen LogP contribution in [0.2, 0.25) is 0 Å². The highest BCUT2D eigenvalue weighted by atomic mass is 32.2. The molecule has 4 aliphatic rings. The molecule has 4 fully saturated rings. The monoisotopic (exact) mass is 352 g/mol. The SMILES string of the molecule is CON1CN(OC)CN([N+]23CCC(CC2)CC3)C1.CS(=O)(=O)[O-]. The average Bonchev–Trinajstić information content (AvgIpc) is 2.54. The Morgan fingerprint density at radius 2 is 1.35 bits per heavy atom. The van der Waals surface area contributed by atoms with Crippen LogP contribution in [0.15, 0.2) is 0 Å². The van der Waals surface area contributed by atoms with Crippen LogP contribution in [0.5, 0.6) is 0 Å². The summed E-state index contributed by atoms with van der Waals surface area (Å²) < 4.78 is 28.4. The first kappa shape index (κ1) is 19.0. The summed E-state index contributed by atoms with van der Waals surface area (Å²) in [6.07, 6.45) is 4.76. The van der Waals surface area contributed by atoms with E-state index >= 15 is 0 Å². The quantitative estimate of drug-likeness (QED) is 0.501. The second kappa shape index (κ2) is 7.70. The first-order valence-electron chi connectivity index (χ1n) is 7.86. The minimum atomic E-state index is -3.92. The van der Waals surface area contributed by atoms with Crippen molar-refractivity contribution in [3.05, 3.63) is 0 Å². The van der Waals surface area contributed by atoms with Crippen molar-refractivity contribution in [2.75, 3.05) is 60.1 Å². The highest BCUT2D eigenvalue weighted by molar-refractivity contribution is 7.84. The molecular formula is C13H28N4O5S. The topological polar surface area (TPSA) is 85.4 Å². The van der Waals surface area contributed by atoms with Crippen molar-refractivity contribution < 1.29 is 27.2 Å². The molecule has 0 unspecified atom stereocenters. The van der Waals surface area contributed by atoms with E-state index in [1.54, 1.807) is 14.2 Å². The number of fused-ring (bicyclic) bond motifs is 3. The summed E-state index contributed by atoms with van der Waals surface area (Å²) >= 11 is 0. The first-order chi connectivity index (χ1) is 10.8. The third kappa shape index (κ3) is 5.33. The van der Waals surface area contributed by atoms with Gasteiger partial charge in [0.2, 0.25) is 0 Å². The molecule has 0 amide bonds. The molecule has 10 heteroatoms. The maximum Gasteiger partial charge on any atom is 0.126 e. The van der Waals surface area contributed by atoms with Crippen molar-refractivity contribution in [2.24, 2.45) is 5.92 Å². The molecule has 23 heavy (non-hydrogen) atoms. The van der Waals surface area contributed by atoms with Crippen LogP contribution >= 0.6 is 0 Å². The lowest BCUT2D eigenvalue weighted by molar-refractivity contribution is -1.05. The summed E-state index contributed by atoms with van der Waals surface area (Å²) in [5.41, 5.74) is 0. The second-order valence-corrected chi connectivity index (χ2v) is 7.87. The number of rotatable bonds is 3. The van der Waals surface area contributed by atoms with Crippen LogP contribution in [0, 0.1) is 5.92 Å². The van der Waals surface area contributed by atoms with E-state index in [1.807, 2.05) is 10.1 Å². The molecule has 0 aromatic heterocycles. The highest BCUT2D eigenvalue weighted by Crippen LogP contribution is 2.36. The van der Waals surface area contributed by atoms with E-state index in [9.17, 15) is 0 Å². The van der Waals surface area contributed by atoms with E-state index in [-0.39, 0.29) is 0 Å². The van der Waals surface area contributed by atoms with E-state index in [0.717, 1.165) is 23.8 Å². The number of nitrogens with zero attached hydrogens (tertiary/aromatic N) is 4. The molecule has 0 N–H and O–H groups in total. The standard InChI is InChI=1S/C12H25N4O2.CH4O3S/c1-17-14-9-13(10-15(11-14)18-2)16-6-3-12(4-7-16)5-8-16;1-5(2,3)4/h12H,3-11H2,1-2H3;1H3,(H,2,3,4)/q+1;/p-1. The van der Waals surface area contributed by atoms with Gasteiger partial charge in [-0.25, -0.2) is 13.0 Å². The predicted molar refractivity (Wildman–Crippen MR) is 82.0 cm³/mol. The molecule has 0 atom stereocenters. The third-order valence-corrected chi connectivity index (χ3v) is 4.93. The molecule has 0 aromatic rings. The second-order valence-electron chi connectivity index (χ2n) is 6.46. The minimum absolute atomic E-state index is 0.604. The van der Waals surface area contributed by atoms with Crippen molar-refractivity contribution >= 4 is 10.1 Å². The van der Waals surface area contributed by atoms with Gasteiger partial charge in [-0.2, -0.15) is 10.1 Å². The van der Waals surface area contributed by atoms with Gasteiger partial charge in [-0.15, -0.1) is 5.01 Å². The van der Waals surface area contributed by atoms with Crippen molar-refractivity contribution in [1.82, 2.24) is 15.1 Å². The molecule has 0 spiro atoms. The molecular weight excluding hydrogens is 324 g/mol.